The number of carbonyl (C=O) groups is 2. The summed E-state index contributed by atoms with van der Waals surface area (Å²) in [4.78, 5) is 22.4. The molecule has 0 fully saturated rings. The van der Waals surface area contributed by atoms with Gasteiger partial charge in [-0.05, 0) is 13.8 Å². The molecule has 0 bridgehead atoms. The van der Waals surface area contributed by atoms with E-state index in [0.29, 0.717) is 0 Å². The number of nitrogens with one attached hydrogen (secondary N) is 2. The minimum Gasteiger partial charge on any atom is -0.449 e. The first-order valence-electron chi connectivity index (χ1n) is 5.54. The highest BCUT2D eigenvalue weighted by molar-refractivity contribution is 7.90. The lowest BCUT2D eigenvalue weighted by molar-refractivity contribution is -0.147. The van der Waals surface area contributed by atoms with Crippen LogP contribution in [0.15, 0.2) is 0 Å². The third kappa shape index (κ3) is 11.3. The Morgan fingerprint density at radius 1 is 1.28 bits per heavy atom. The first-order chi connectivity index (χ1) is 8.20. The Morgan fingerprint density at radius 2 is 1.89 bits per heavy atom. The molecule has 106 valence electrons. The van der Waals surface area contributed by atoms with Crippen molar-refractivity contribution in [2.24, 2.45) is 0 Å². The van der Waals surface area contributed by atoms with Gasteiger partial charge in [0.1, 0.15) is 23.0 Å². The maximum absolute atomic E-state index is 11.2. The summed E-state index contributed by atoms with van der Waals surface area (Å²) in [5, 5.41) is 5.19. The maximum atomic E-state index is 11.2. The Bertz CT molecular complexity index is 378. The van der Waals surface area contributed by atoms with E-state index >= 15 is 0 Å². The molecule has 8 heteroatoms. The molecule has 7 nitrogen and oxygen atoms in total. The van der Waals surface area contributed by atoms with Gasteiger partial charge in [-0.15, -0.1) is 0 Å². The van der Waals surface area contributed by atoms with Crippen LogP contribution in [0.4, 0.5) is 0 Å². The maximum Gasteiger partial charge on any atom is 0.316 e. The second kappa shape index (κ2) is 8.04. The van der Waals surface area contributed by atoms with Crippen molar-refractivity contribution in [1.82, 2.24) is 10.6 Å². The van der Waals surface area contributed by atoms with Crippen LogP contribution in [-0.4, -0.2) is 51.6 Å². The molecule has 0 aromatic carbocycles. The smallest absolute Gasteiger partial charge is 0.316 e. The van der Waals surface area contributed by atoms with Gasteiger partial charge in [-0.2, -0.15) is 0 Å². The Labute approximate surface area is 107 Å². The monoisotopic (exact) mass is 280 g/mol. The summed E-state index contributed by atoms with van der Waals surface area (Å²) in [5.41, 5.74) is 0. The first kappa shape index (κ1) is 16.9. The molecule has 0 spiro atoms. The standard InChI is InChI=1S/C10H20N2O5S/c1-8(2)12-7-17-10(14)6-9(13)11-4-5-18(3,15)16/h8,12H,4-7H2,1-3H3,(H,11,13). The number of sulfone groups is 1. The van der Waals surface area contributed by atoms with E-state index in [2.05, 4.69) is 10.6 Å². The Morgan fingerprint density at radius 3 is 2.39 bits per heavy atom. The Hall–Kier alpha value is -1.15. The summed E-state index contributed by atoms with van der Waals surface area (Å²) < 4.78 is 26.3. The van der Waals surface area contributed by atoms with Crippen molar-refractivity contribution in [1.29, 1.82) is 0 Å². The molecule has 2 N–H and O–H groups in total. The van der Waals surface area contributed by atoms with E-state index in [1.54, 1.807) is 0 Å². The van der Waals surface area contributed by atoms with Crippen LogP contribution in [0.1, 0.15) is 20.3 Å². The number of hydrogen-bond acceptors (Lipinski definition) is 6. The second-order valence-electron chi connectivity index (χ2n) is 4.18. The molecule has 0 aliphatic carbocycles. The van der Waals surface area contributed by atoms with Gasteiger partial charge in [0.05, 0.1) is 5.75 Å². The average Bonchev–Trinajstić information content (AvgIpc) is 2.14. The van der Waals surface area contributed by atoms with Crippen LogP contribution in [0.25, 0.3) is 0 Å². The molecule has 0 aromatic rings. The number of ether oxygens (including phenoxy) is 1. The lowest BCUT2D eigenvalue weighted by atomic mass is 10.4. The highest BCUT2D eigenvalue weighted by Crippen LogP contribution is 1.87. The van der Waals surface area contributed by atoms with Gasteiger partial charge in [-0.25, -0.2) is 8.42 Å². The SMILES string of the molecule is CC(C)NCOC(=O)CC(=O)NCCS(C)(=O)=O. The van der Waals surface area contributed by atoms with Crippen LogP contribution in [-0.2, 0) is 24.2 Å². The zero-order valence-electron chi connectivity index (χ0n) is 10.9. The molecule has 0 saturated heterocycles. The fourth-order valence-electron chi connectivity index (χ4n) is 0.909. The van der Waals surface area contributed by atoms with Crippen LogP contribution in [0.2, 0.25) is 0 Å². The van der Waals surface area contributed by atoms with E-state index in [-0.39, 0.29) is 25.1 Å². The Balaban J connectivity index is 3.71. The van der Waals surface area contributed by atoms with E-state index in [9.17, 15) is 18.0 Å². The number of carbonyl (C=O) groups excluding carboxylic acids is 2. The predicted octanol–water partition coefficient (Wildman–Crippen LogP) is -0.964. The number of hydrogen-bond donors (Lipinski definition) is 2. The van der Waals surface area contributed by atoms with Gasteiger partial charge in [0.2, 0.25) is 5.91 Å². The molecule has 1 amide bonds. The molecule has 18 heavy (non-hydrogen) atoms. The van der Waals surface area contributed by atoms with E-state index in [1.807, 2.05) is 13.8 Å². The number of esters is 1. The van der Waals surface area contributed by atoms with Crippen molar-refractivity contribution in [2.45, 2.75) is 26.3 Å². The minimum absolute atomic E-state index is 0.00477. The van der Waals surface area contributed by atoms with Crippen molar-refractivity contribution in [3.63, 3.8) is 0 Å². The molecule has 0 saturated carbocycles. The summed E-state index contributed by atoms with van der Waals surface area (Å²) in [6.07, 6.45) is 0.661. The van der Waals surface area contributed by atoms with Gasteiger partial charge >= 0.3 is 5.97 Å². The molecule has 0 atom stereocenters. The molecule has 0 aliphatic heterocycles. The molecular weight excluding hydrogens is 260 g/mol. The summed E-state index contributed by atoms with van der Waals surface area (Å²) in [5.74, 6) is -1.35. The second-order valence-corrected chi connectivity index (χ2v) is 6.44. The number of amides is 1. The van der Waals surface area contributed by atoms with Crippen molar-refractivity contribution >= 4 is 21.7 Å². The van der Waals surface area contributed by atoms with Crippen molar-refractivity contribution in [3.8, 4) is 0 Å². The molecule has 0 heterocycles. The topological polar surface area (TPSA) is 102 Å². The molecule has 0 aliphatic rings. The Kier molecular flexibility index (Phi) is 7.53. The van der Waals surface area contributed by atoms with Gasteiger partial charge in [0.25, 0.3) is 0 Å². The fourth-order valence-corrected chi connectivity index (χ4v) is 1.38. The molecular formula is C10H20N2O5S. The first-order valence-corrected chi connectivity index (χ1v) is 7.60. The zero-order chi connectivity index (χ0) is 14.2. The van der Waals surface area contributed by atoms with E-state index < -0.39 is 28.1 Å². The largest absolute Gasteiger partial charge is 0.449 e. The highest BCUT2D eigenvalue weighted by Gasteiger charge is 2.11. The van der Waals surface area contributed by atoms with Crippen molar-refractivity contribution in [3.05, 3.63) is 0 Å². The van der Waals surface area contributed by atoms with Crippen LogP contribution in [0, 0.1) is 0 Å². The van der Waals surface area contributed by atoms with Gasteiger partial charge in [0.15, 0.2) is 0 Å². The molecule has 0 aromatic heterocycles. The summed E-state index contributed by atoms with van der Waals surface area (Å²) in [6, 6.07) is 0.182. The normalized spacial score (nSPS) is 11.3. The molecule has 0 rings (SSSR count). The van der Waals surface area contributed by atoms with Crippen LogP contribution in [0.3, 0.4) is 0 Å². The molecule has 0 unspecified atom stereocenters. The molecule has 0 radical (unpaired) electrons. The summed E-state index contributed by atoms with van der Waals surface area (Å²) in [6.45, 7) is 3.83. The zero-order valence-corrected chi connectivity index (χ0v) is 11.7. The number of rotatable bonds is 8. The predicted molar refractivity (Wildman–Crippen MR) is 66.6 cm³/mol. The third-order valence-electron chi connectivity index (χ3n) is 1.82. The van der Waals surface area contributed by atoms with Crippen LogP contribution in [0.5, 0.6) is 0 Å². The third-order valence-corrected chi connectivity index (χ3v) is 2.77. The lowest BCUT2D eigenvalue weighted by Crippen LogP contribution is -2.32. The van der Waals surface area contributed by atoms with Crippen LogP contribution >= 0.6 is 0 Å². The van der Waals surface area contributed by atoms with Crippen molar-refractivity contribution in [2.75, 3.05) is 25.3 Å². The lowest BCUT2D eigenvalue weighted by Gasteiger charge is -2.09. The van der Waals surface area contributed by atoms with E-state index in [4.69, 9.17) is 4.74 Å². The van der Waals surface area contributed by atoms with Gasteiger partial charge in [-0.3, -0.25) is 14.9 Å². The average molecular weight is 280 g/mol. The van der Waals surface area contributed by atoms with E-state index in [1.165, 1.54) is 0 Å². The quantitative estimate of drug-likeness (QED) is 0.337. The minimum atomic E-state index is -3.11. The van der Waals surface area contributed by atoms with Gasteiger partial charge in [-0.1, -0.05) is 0 Å². The fraction of sp³-hybridized carbons (Fsp3) is 0.800. The van der Waals surface area contributed by atoms with Crippen molar-refractivity contribution < 1.29 is 22.7 Å². The highest BCUT2D eigenvalue weighted by atomic mass is 32.2. The summed E-state index contributed by atoms with van der Waals surface area (Å²) in [7, 11) is -3.11. The summed E-state index contributed by atoms with van der Waals surface area (Å²) >= 11 is 0. The van der Waals surface area contributed by atoms with E-state index in [0.717, 1.165) is 6.26 Å². The van der Waals surface area contributed by atoms with Crippen LogP contribution < -0.4 is 10.6 Å². The van der Waals surface area contributed by atoms with Gasteiger partial charge in [0, 0.05) is 18.8 Å². The van der Waals surface area contributed by atoms with Gasteiger partial charge < -0.3 is 10.1 Å².